The minimum absolute atomic E-state index is 0.0323. The van der Waals surface area contributed by atoms with Crippen molar-refractivity contribution in [2.45, 2.75) is 30.5 Å². The average Bonchev–Trinajstić information content (AvgIpc) is 2.74. The fourth-order valence-corrected chi connectivity index (χ4v) is 5.24. The summed E-state index contributed by atoms with van der Waals surface area (Å²) in [5.41, 5.74) is -0.595. The first kappa shape index (κ1) is 17.6. The van der Waals surface area contributed by atoms with Gasteiger partial charge in [-0.15, -0.1) is 11.3 Å². The summed E-state index contributed by atoms with van der Waals surface area (Å²) in [6.45, 7) is 5.42. The van der Waals surface area contributed by atoms with E-state index >= 15 is 0 Å². The van der Waals surface area contributed by atoms with E-state index in [4.69, 9.17) is 0 Å². The molecule has 0 radical (unpaired) electrons. The van der Waals surface area contributed by atoms with E-state index in [-0.39, 0.29) is 17.3 Å². The van der Waals surface area contributed by atoms with Crippen molar-refractivity contribution in [3.05, 3.63) is 17.5 Å². The molecule has 0 fully saturated rings. The van der Waals surface area contributed by atoms with Gasteiger partial charge in [-0.25, -0.2) is 21.6 Å². The standard InChI is InChI=1S/C11H20N2O4S3/c1-11(2,3)13(19(4,14)15)8-7-12-20(16,17)10-6-5-9-18-10/h5-6,9,12H,7-8H2,1-4H3. The molecule has 1 rings (SSSR count). The van der Waals surface area contributed by atoms with Gasteiger partial charge in [0.15, 0.2) is 0 Å². The van der Waals surface area contributed by atoms with Crippen molar-refractivity contribution in [1.29, 1.82) is 0 Å². The summed E-state index contributed by atoms with van der Waals surface area (Å²) in [7, 11) is -6.95. The lowest BCUT2D eigenvalue weighted by molar-refractivity contribution is 0.254. The van der Waals surface area contributed by atoms with Crippen LogP contribution in [0.15, 0.2) is 21.7 Å². The normalized spacial score (nSPS) is 13.8. The molecule has 0 aromatic carbocycles. The predicted octanol–water partition coefficient (Wildman–Crippen LogP) is 1.09. The summed E-state index contributed by atoms with van der Waals surface area (Å²) < 4.78 is 51.1. The van der Waals surface area contributed by atoms with E-state index in [2.05, 4.69) is 4.72 Å². The molecule has 0 saturated heterocycles. The minimum atomic E-state index is -3.56. The Hall–Kier alpha value is -0.480. The molecule has 0 unspecified atom stereocenters. The van der Waals surface area contributed by atoms with Crippen molar-refractivity contribution >= 4 is 31.4 Å². The zero-order valence-corrected chi connectivity index (χ0v) is 14.4. The van der Waals surface area contributed by atoms with Crippen molar-refractivity contribution in [2.24, 2.45) is 0 Å². The van der Waals surface area contributed by atoms with Crippen LogP contribution < -0.4 is 4.72 Å². The molecule has 1 N–H and O–H groups in total. The van der Waals surface area contributed by atoms with Crippen LogP contribution in [-0.4, -0.2) is 46.0 Å². The highest BCUT2D eigenvalue weighted by atomic mass is 32.2. The summed E-state index contributed by atoms with van der Waals surface area (Å²) in [4.78, 5) is 0. The molecule has 1 aromatic rings. The van der Waals surface area contributed by atoms with Gasteiger partial charge in [-0.2, -0.15) is 4.31 Å². The summed E-state index contributed by atoms with van der Waals surface area (Å²) in [6, 6.07) is 3.16. The molecule has 6 nitrogen and oxygen atoms in total. The molecule has 1 heterocycles. The first-order valence-electron chi connectivity index (χ1n) is 5.95. The van der Waals surface area contributed by atoms with Gasteiger partial charge in [0.25, 0.3) is 0 Å². The molecule has 116 valence electrons. The van der Waals surface area contributed by atoms with Crippen LogP contribution in [0.25, 0.3) is 0 Å². The zero-order valence-electron chi connectivity index (χ0n) is 12.0. The summed E-state index contributed by atoms with van der Waals surface area (Å²) in [5.74, 6) is 0. The van der Waals surface area contributed by atoms with Gasteiger partial charge < -0.3 is 0 Å². The van der Waals surface area contributed by atoms with Crippen molar-refractivity contribution < 1.29 is 16.8 Å². The fourth-order valence-electron chi connectivity index (χ4n) is 1.77. The Morgan fingerprint density at radius 1 is 1.25 bits per heavy atom. The monoisotopic (exact) mass is 340 g/mol. The third-order valence-electron chi connectivity index (χ3n) is 2.52. The molecule has 0 aliphatic heterocycles. The van der Waals surface area contributed by atoms with Crippen LogP contribution in [0.4, 0.5) is 0 Å². The van der Waals surface area contributed by atoms with Gasteiger partial charge in [0.2, 0.25) is 20.0 Å². The van der Waals surface area contributed by atoms with E-state index in [1.165, 1.54) is 10.4 Å². The molecule has 0 aliphatic carbocycles. The number of nitrogens with one attached hydrogen (secondary N) is 1. The molecular formula is C11H20N2O4S3. The second kappa shape index (κ2) is 6.10. The van der Waals surface area contributed by atoms with E-state index in [0.717, 1.165) is 17.6 Å². The molecule has 0 atom stereocenters. The third-order valence-corrected chi connectivity index (χ3v) is 6.90. The maximum Gasteiger partial charge on any atom is 0.250 e. The smallest absolute Gasteiger partial charge is 0.212 e. The predicted molar refractivity (Wildman–Crippen MR) is 80.8 cm³/mol. The Labute approximate surface area is 124 Å². The highest BCUT2D eigenvalue weighted by Gasteiger charge is 2.29. The third kappa shape index (κ3) is 4.81. The topological polar surface area (TPSA) is 83.6 Å². The molecular weight excluding hydrogens is 320 g/mol. The van der Waals surface area contributed by atoms with Gasteiger partial charge in [-0.05, 0) is 32.2 Å². The van der Waals surface area contributed by atoms with E-state index in [9.17, 15) is 16.8 Å². The van der Waals surface area contributed by atoms with E-state index in [0.29, 0.717) is 0 Å². The van der Waals surface area contributed by atoms with Gasteiger partial charge in [0.1, 0.15) is 4.21 Å². The van der Waals surface area contributed by atoms with Crippen LogP contribution >= 0.6 is 11.3 Å². The first-order valence-corrected chi connectivity index (χ1v) is 10.2. The van der Waals surface area contributed by atoms with Crippen molar-refractivity contribution in [1.82, 2.24) is 9.03 Å². The van der Waals surface area contributed by atoms with Gasteiger partial charge in [-0.1, -0.05) is 6.07 Å². The maximum atomic E-state index is 11.9. The highest BCUT2D eigenvalue weighted by Crippen LogP contribution is 2.17. The lowest BCUT2D eigenvalue weighted by Crippen LogP contribution is -2.48. The quantitative estimate of drug-likeness (QED) is 0.840. The maximum absolute atomic E-state index is 11.9. The summed E-state index contributed by atoms with van der Waals surface area (Å²) >= 11 is 1.12. The Morgan fingerprint density at radius 2 is 1.85 bits per heavy atom. The molecule has 9 heteroatoms. The SMILES string of the molecule is CC(C)(C)N(CCNS(=O)(=O)c1cccs1)S(C)(=O)=O. The Morgan fingerprint density at radius 3 is 2.25 bits per heavy atom. The second-order valence-electron chi connectivity index (χ2n) is 5.34. The number of rotatable bonds is 6. The Bertz CT molecular complexity index is 628. The highest BCUT2D eigenvalue weighted by molar-refractivity contribution is 7.91. The van der Waals surface area contributed by atoms with Gasteiger partial charge in [0.05, 0.1) is 6.26 Å². The summed E-state index contributed by atoms with van der Waals surface area (Å²) in [6.07, 6.45) is 1.12. The molecule has 0 aliphatic rings. The number of hydrogen-bond donors (Lipinski definition) is 1. The van der Waals surface area contributed by atoms with Gasteiger partial charge >= 0.3 is 0 Å². The Kier molecular flexibility index (Phi) is 5.36. The van der Waals surface area contributed by atoms with Gasteiger partial charge in [-0.3, -0.25) is 0 Å². The lowest BCUT2D eigenvalue weighted by atomic mass is 10.1. The number of nitrogens with zero attached hydrogens (tertiary/aromatic N) is 1. The molecule has 1 aromatic heterocycles. The lowest BCUT2D eigenvalue weighted by Gasteiger charge is -2.33. The number of hydrogen-bond acceptors (Lipinski definition) is 5. The minimum Gasteiger partial charge on any atom is -0.212 e. The molecule has 0 saturated carbocycles. The van der Waals surface area contributed by atoms with Crippen molar-refractivity contribution in [3.8, 4) is 0 Å². The molecule has 0 bridgehead atoms. The van der Waals surface area contributed by atoms with E-state index in [1.807, 2.05) is 0 Å². The molecule has 0 spiro atoms. The summed E-state index contributed by atoms with van der Waals surface area (Å²) in [5, 5.41) is 1.67. The van der Waals surface area contributed by atoms with Crippen molar-refractivity contribution in [2.75, 3.05) is 19.3 Å². The van der Waals surface area contributed by atoms with Crippen molar-refractivity contribution in [3.63, 3.8) is 0 Å². The second-order valence-corrected chi connectivity index (χ2v) is 10.2. The average molecular weight is 340 g/mol. The van der Waals surface area contributed by atoms with Gasteiger partial charge in [0, 0.05) is 18.6 Å². The Balaban J connectivity index is 2.72. The van der Waals surface area contributed by atoms with Crippen LogP contribution in [0.3, 0.4) is 0 Å². The van der Waals surface area contributed by atoms with E-state index in [1.54, 1.807) is 32.2 Å². The number of sulfonamides is 2. The zero-order chi connectivity index (χ0) is 15.6. The van der Waals surface area contributed by atoms with E-state index < -0.39 is 25.6 Å². The molecule has 0 amide bonds. The van der Waals surface area contributed by atoms with Crippen LogP contribution in [0, 0.1) is 0 Å². The van der Waals surface area contributed by atoms with Crippen LogP contribution in [0.5, 0.6) is 0 Å². The largest absolute Gasteiger partial charge is 0.250 e. The number of thiophene rings is 1. The first-order chi connectivity index (χ1) is 8.94. The fraction of sp³-hybridized carbons (Fsp3) is 0.636. The van der Waals surface area contributed by atoms with Crippen LogP contribution in [-0.2, 0) is 20.0 Å². The molecule has 20 heavy (non-hydrogen) atoms. The van der Waals surface area contributed by atoms with Crippen LogP contribution in [0.2, 0.25) is 0 Å². The van der Waals surface area contributed by atoms with Crippen LogP contribution in [0.1, 0.15) is 20.8 Å².